The first-order chi connectivity index (χ1) is 16.7. The lowest BCUT2D eigenvalue weighted by Crippen LogP contribution is -2.32. The number of hydrogen-bond acceptors (Lipinski definition) is 6. The lowest BCUT2D eigenvalue weighted by molar-refractivity contribution is -0.176. The van der Waals surface area contributed by atoms with E-state index in [0.29, 0.717) is 18.5 Å². The molecule has 5 rings (SSSR count). The van der Waals surface area contributed by atoms with Crippen LogP contribution in [0.3, 0.4) is 0 Å². The Balaban J connectivity index is 1.52. The van der Waals surface area contributed by atoms with Crippen molar-refractivity contribution in [2.45, 2.75) is 45.4 Å². The zero-order valence-electron chi connectivity index (χ0n) is 18.7. The molecular weight excluding hydrogens is 487 g/mol. The van der Waals surface area contributed by atoms with E-state index in [4.69, 9.17) is 21.1 Å². The average molecular weight is 508 g/mol. The first-order valence-corrected chi connectivity index (χ1v) is 11.5. The first kappa shape index (κ1) is 23.6. The Labute approximate surface area is 203 Å². The molecule has 0 aromatic carbocycles. The summed E-state index contributed by atoms with van der Waals surface area (Å²) in [5, 5.41) is 2.78. The van der Waals surface area contributed by atoms with E-state index in [-0.39, 0.29) is 28.5 Å². The van der Waals surface area contributed by atoms with Gasteiger partial charge in [-0.2, -0.15) is 18.2 Å². The molecule has 2 N–H and O–H groups in total. The molecule has 0 unspecified atom stereocenters. The summed E-state index contributed by atoms with van der Waals surface area (Å²) in [6.07, 6.45) is 1.23. The molecule has 0 bridgehead atoms. The molecule has 1 aliphatic heterocycles. The predicted molar refractivity (Wildman–Crippen MR) is 120 cm³/mol. The van der Waals surface area contributed by atoms with Gasteiger partial charge in [-0.25, -0.2) is 9.97 Å². The van der Waals surface area contributed by atoms with Crippen LogP contribution in [-0.4, -0.2) is 45.2 Å². The van der Waals surface area contributed by atoms with E-state index in [2.05, 4.69) is 25.3 Å². The summed E-state index contributed by atoms with van der Waals surface area (Å²) in [6.45, 7) is 0.701. The summed E-state index contributed by atoms with van der Waals surface area (Å²) in [4.78, 5) is 28.3. The fourth-order valence-electron chi connectivity index (χ4n) is 4.59. The van der Waals surface area contributed by atoms with Crippen LogP contribution in [0, 0.1) is 0 Å². The number of hydrogen-bond donors (Lipinski definition) is 2. The molecule has 4 heterocycles. The van der Waals surface area contributed by atoms with Crippen molar-refractivity contribution in [3.8, 4) is 23.0 Å². The number of rotatable bonds is 6. The van der Waals surface area contributed by atoms with Gasteiger partial charge in [-0.15, -0.1) is 0 Å². The molecule has 0 atom stereocenters. The van der Waals surface area contributed by atoms with Gasteiger partial charge in [-0.3, -0.25) is 4.79 Å². The fourth-order valence-corrected chi connectivity index (χ4v) is 4.72. The van der Waals surface area contributed by atoms with Crippen molar-refractivity contribution in [2.24, 2.45) is 0 Å². The van der Waals surface area contributed by atoms with Gasteiger partial charge < -0.3 is 19.8 Å². The highest BCUT2D eigenvalue weighted by molar-refractivity contribution is 6.28. The number of aryl methyl sites for hydroxylation is 1. The van der Waals surface area contributed by atoms with Crippen LogP contribution in [-0.2, 0) is 37.0 Å². The van der Waals surface area contributed by atoms with Crippen LogP contribution in [0.25, 0.3) is 11.3 Å². The number of carbonyl (C=O) groups is 1. The Morgan fingerprint density at radius 3 is 2.71 bits per heavy atom. The van der Waals surface area contributed by atoms with E-state index in [0.717, 1.165) is 52.9 Å². The number of amides is 1. The second-order valence-electron chi connectivity index (χ2n) is 8.31. The van der Waals surface area contributed by atoms with Gasteiger partial charge in [0.2, 0.25) is 17.0 Å². The molecule has 3 aromatic rings. The number of nitrogens with zero attached hydrogens (tertiary/aromatic N) is 3. The number of pyridine rings is 1. The van der Waals surface area contributed by atoms with E-state index >= 15 is 0 Å². The van der Waals surface area contributed by atoms with Gasteiger partial charge in [0.1, 0.15) is 6.61 Å². The standard InChI is InChI=1S/C23H21ClF3N5O3/c1-2-13-16-11(3-4-14-17-15(31-18(14)16)5-6-28-19(17)33)7-29-21(13)35-20-12(8-30-22(24)32-20)9-34-10-23(25,26)27/h7-8,31H,2-6,9-10H2,1H3,(H,28,33). The minimum absolute atomic E-state index is 0.0319. The molecule has 8 nitrogen and oxygen atoms in total. The van der Waals surface area contributed by atoms with Crippen molar-refractivity contribution in [2.75, 3.05) is 13.2 Å². The quantitative estimate of drug-likeness (QED) is 0.481. The monoisotopic (exact) mass is 507 g/mol. The Morgan fingerprint density at radius 1 is 1.11 bits per heavy atom. The Kier molecular flexibility index (Phi) is 6.14. The maximum Gasteiger partial charge on any atom is 0.411 e. The molecule has 3 aromatic heterocycles. The fraction of sp³-hybridized carbons (Fsp3) is 0.391. The molecule has 1 amide bonds. The maximum absolute atomic E-state index is 12.5. The van der Waals surface area contributed by atoms with E-state index < -0.39 is 19.4 Å². The SMILES string of the molecule is CCc1c(Oc2nc(Cl)ncc2COCC(F)(F)F)ncc2c1-c1[nH]c3c(c1CC2)C(=O)NCC3. The number of fused-ring (bicyclic) bond motifs is 5. The number of alkyl halides is 3. The summed E-state index contributed by atoms with van der Waals surface area (Å²) in [5.74, 6) is 0.147. The molecule has 0 spiro atoms. The molecule has 0 saturated heterocycles. The van der Waals surface area contributed by atoms with Gasteiger partial charge in [0.15, 0.2) is 0 Å². The van der Waals surface area contributed by atoms with Crippen molar-refractivity contribution in [3.05, 3.63) is 51.2 Å². The molecule has 2 aliphatic rings. The van der Waals surface area contributed by atoms with Crippen LogP contribution in [0.2, 0.25) is 5.28 Å². The van der Waals surface area contributed by atoms with Gasteiger partial charge in [0.25, 0.3) is 5.91 Å². The summed E-state index contributed by atoms with van der Waals surface area (Å²) in [5.41, 5.74) is 6.43. The zero-order valence-corrected chi connectivity index (χ0v) is 19.4. The third-order valence-electron chi connectivity index (χ3n) is 6.05. The zero-order chi connectivity index (χ0) is 24.7. The van der Waals surface area contributed by atoms with Crippen LogP contribution in [0.1, 0.15) is 45.2 Å². The summed E-state index contributed by atoms with van der Waals surface area (Å²) in [7, 11) is 0. The molecule has 1 aliphatic carbocycles. The lowest BCUT2D eigenvalue weighted by atomic mass is 9.85. The molecule has 0 radical (unpaired) electrons. The largest absolute Gasteiger partial charge is 0.420 e. The second-order valence-corrected chi connectivity index (χ2v) is 8.65. The van der Waals surface area contributed by atoms with Crippen LogP contribution >= 0.6 is 11.6 Å². The number of halogens is 4. The van der Waals surface area contributed by atoms with Gasteiger partial charge in [0.05, 0.1) is 23.4 Å². The Bertz CT molecular complexity index is 1310. The lowest BCUT2D eigenvalue weighted by Gasteiger charge is -2.22. The van der Waals surface area contributed by atoms with E-state index in [9.17, 15) is 18.0 Å². The van der Waals surface area contributed by atoms with Gasteiger partial charge in [0, 0.05) is 42.2 Å². The Morgan fingerprint density at radius 2 is 1.94 bits per heavy atom. The first-order valence-electron chi connectivity index (χ1n) is 11.1. The van der Waals surface area contributed by atoms with Gasteiger partial charge >= 0.3 is 6.18 Å². The molecule has 184 valence electrons. The van der Waals surface area contributed by atoms with Gasteiger partial charge in [-0.05, 0) is 42.0 Å². The minimum atomic E-state index is -4.46. The van der Waals surface area contributed by atoms with Crippen molar-refractivity contribution in [3.63, 3.8) is 0 Å². The number of carbonyl (C=O) groups excluding carboxylic acids is 1. The Hall–Kier alpha value is -3.18. The number of nitrogens with one attached hydrogen (secondary N) is 2. The normalized spacial score (nSPS) is 14.7. The van der Waals surface area contributed by atoms with E-state index in [1.807, 2.05) is 6.92 Å². The van der Waals surface area contributed by atoms with Crippen LogP contribution < -0.4 is 10.1 Å². The number of ether oxygens (including phenoxy) is 2. The number of aromatic amines is 1. The van der Waals surface area contributed by atoms with Crippen LogP contribution in [0.5, 0.6) is 11.8 Å². The summed E-state index contributed by atoms with van der Waals surface area (Å²) >= 11 is 5.93. The average Bonchev–Trinajstić information content (AvgIpc) is 3.20. The third kappa shape index (κ3) is 4.57. The summed E-state index contributed by atoms with van der Waals surface area (Å²) in [6, 6.07) is 0. The predicted octanol–water partition coefficient (Wildman–Crippen LogP) is 4.34. The number of H-pyrrole nitrogens is 1. The highest BCUT2D eigenvalue weighted by atomic mass is 35.5. The van der Waals surface area contributed by atoms with Crippen LogP contribution in [0.4, 0.5) is 13.2 Å². The van der Waals surface area contributed by atoms with Crippen molar-refractivity contribution in [1.29, 1.82) is 0 Å². The second kappa shape index (κ2) is 9.12. The van der Waals surface area contributed by atoms with Gasteiger partial charge in [-0.1, -0.05) is 6.92 Å². The highest BCUT2D eigenvalue weighted by Gasteiger charge is 2.32. The molecule has 0 saturated carbocycles. The van der Waals surface area contributed by atoms with Crippen molar-refractivity contribution < 1.29 is 27.4 Å². The third-order valence-corrected chi connectivity index (χ3v) is 6.23. The van der Waals surface area contributed by atoms with E-state index in [1.165, 1.54) is 6.20 Å². The molecule has 0 fully saturated rings. The maximum atomic E-state index is 12.5. The molecule has 12 heteroatoms. The molecular formula is C23H21ClF3N5O3. The van der Waals surface area contributed by atoms with Crippen molar-refractivity contribution in [1.82, 2.24) is 25.3 Å². The topological polar surface area (TPSA) is 102 Å². The highest BCUT2D eigenvalue weighted by Crippen LogP contribution is 2.42. The van der Waals surface area contributed by atoms with Crippen LogP contribution in [0.15, 0.2) is 12.4 Å². The minimum Gasteiger partial charge on any atom is -0.420 e. The smallest absolute Gasteiger partial charge is 0.411 e. The van der Waals surface area contributed by atoms with Crippen molar-refractivity contribution >= 4 is 17.5 Å². The summed E-state index contributed by atoms with van der Waals surface area (Å²) < 4.78 is 48.3. The molecule has 35 heavy (non-hydrogen) atoms. The number of aromatic nitrogens is 4. The van der Waals surface area contributed by atoms with E-state index in [1.54, 1.807) is 6.20 Å².